The molecule has 5 rings (SSSR count). The molecular weight excluding hydrogens is 464 g/mol. The number of benzene rings is 1. The summed E-state index contributed by atoms with van der Waals surface area (Å²) in [6.07, 6.45) is 3.18. The van der Waals surface area contributed by atoms with Gasteiger partial charge in [-0.15, -0.1) is 22.7 Å². The summed E-state index contributed by atoms with van der Waals surface area (Å²) in [6.45, 7) is 1.00. The summed E-state index contributed by atoms with van der Waals surface area (Å²) in [5, 5.41) is 6.07. The highest BCUT2D eigenvalue weighted by Crippen LogP contribution is 2.33. The van der Waals surface area contributed by atoms with Gasteiger partial charge in [0, 0.05) is 30.1 Å². The van der Waals surface area contributed by atoms with E-state index in [-0.39, 0.29) is 17.7 Å². The summed E-state index contributed by atoms with van der Waals surface area (Å²) in [5.74, 6) is -0.439. The molecule has 4 heterocycles. The number of aromatic nitrogens is 2. The number of nitrogens with zero attached hydrogens (tertiary/aromatic N) is 3. The van der Waals surface area contributed by atoms with E-state index in [4.69, 9.17) is 16.6 Å². The topological polar surface area (TPSA) is 75.2 Å². The smallest absolute Gasteiger partial charge is 0.254 e. The molecule has 3 aromatic heterocycles. The first-order valence-electron chi connectivity index (χ1n) is 10.2. The highest BCUT2D eigenvalue weighted by atomic mass is 35.5. The molecule has 0 aliphatic carbocycles. The van der Waals surface area contributed by atoms with Gasteiger partial charge < -0.3 is 10.2 Å². The summed E-state index contributed by atoms with van der Waals surface area (Å²) in [5.41, 5.74) is 2.07. The van der Waals surface area contributed by atoms with Gasteiger partial charge in [0.15, 0.2) is 5.13 Å². The average Bonchev–Trinajstić information content (AvgIpc) is 3.49. The third kappa shape index (κ3) is 4.26. The second kappa shape index (κ2) is 8.97. The van der Waals surface area contributed by atoms with Gasteiger partial charge >= 0.3 is 0 Å². The minimum atomic E-state index is -0.264. The van der Waals surface area contributed by atoms with Crippen molar-refractivity contribution in [2.75, 3.05) is 18.4 Å². The summed E-state index contributed by atoms with van der Waals surface area (Å²) in [6, 6.07) is 13.2. The standard InChI is InChI=1S/C23H19ClN4O2S2/c24-20-8-7-19(32-20)18-12-16(15-5-1-2-6-17(15)26-18)22(30)28-10-3-4-14(13-28)21(29)27-23-25-9-11-31-23/h1-2,5-9,11-12,14H,3-4,10,13H2,(H,25,27,29). The SMILES string of the molecule is O=C(Nc1nccs1)C1CCCN(C(=O)c2cc(-c3ccc(Cl)s3)nc3ccccc23)C1. The van der Waals surface area contributed by atoms with Crippen LogP contribution < -0.4 is 5.32 Å². The molecule has 0 saturated carbocycles. The fraction of sp³-hybridized carbons (Fsp3) is 0.217. The predicted octanol–water partition coefficient (Wildman–Crippen LogP) is 5.56. The summed E-state index contributed by atoms with van der Waals surface area (Å²) in [4.78, 5) is 37.9. The van der Waals surface area contributed by atoms with E-state index in [1.54, 1.807) is 11.1 Å². The van der Waals surface area contributed by atoms with Gasteiger partial charge in [0.05, 0.1) is 31.9 Å². The maximum absolute atomic E-state index is 13.6. The first kappa shape index (κ1) is 21.1. The largest absolute Gasteiger partial charge is 0.338 e. The number of piperidine rings is 1. The lowest BCUT2D eigenvalue weighted by Gasteiger charge is -2.32. The first-order chi connectivity index (χ1) is 15.6. The van der Waals surface area contributed by atoms with Crippen LogP contribution in [0.2, 0.25) is 4.34 Å². The number of hydrogen-bond acceptors (Lipinski definition) is 6. The van der Waals surface area contributed by atoms with Gasteiger partial charge in [0.25, 0.3) is 5.91 Å². The lowest BCUT2D eigenvalue weighted by atomic mass is 9.96. The minimum absolute atomic E-state index is 0.0840. The molecule has 162 valence electrons. The van der Waals surface area contributed by atoms with Crippen LogP contribution in [0.25, 0.3) is 21.5 Å². The Morgan fingerprint density at radius 2 is 2.06 bits per heavy atom. The third-order valence-corrected chi connectivity index (χ3v) is 7.46. The van der Waals surface area contributed by atoms with Crippen molar-refractivity contribution in [1.82, 2.24) is 14.9 Å². The number of halogens is 1. The van der Waals surface area contributed by atoms with E-state index < -0.39 is 0 Å². The van der Waals surface area contributed by atoms with Gasteiger partial charge in [-0.2, -0.15) is 0 Å². The predicted molar refractivity (Wildman–Crippen MR) is 129 cm³/mol. The third-order valence-electron chi connectivity index (χ3n) is 5.51. The molecule has 9 heteroatoms. The number of thiazole rings is 1. The molecule has 6 nitrogen and oxygen atoms in total. The molecule has 1 aliphatic rings. The Hall–Kier alpha value is -2.81. The summed E-state index contributed by atoms with van der Waals surface area (Å²) in [7, 11) is 0. The molecule has 1 saturated heterocycles. The van der Waals surface area contributed by atoms with Crippen molar-refractivity contribution in [3.63, 3.8) is 0 Å². The zero-order valence-corrected chi connectivity index (χ0v) is 19.3. The molecule has 0 spiro atoms. The van der Waals surface area contributed by atoms with E-state index in [1.165, 1.54) is 22.7 Å². The van der Waals surface area contributed by atoms with Crippen LogP contribution in [0.5, 0.6) is 0 Å². The van der Waals surface area contributed by atoms with Crippen LogP contribution in [0.1, 0.15) is 23.2 Å². The second-order valence-electron chi connectivity index (χ2n) is 7.59. The summed E-state index contributed by atoms with van der Waals surface area (Å²) >= 11 is 8.94. The zero-order chi connectivity index (χ0) is 22.1. The number of hydrogen-bond donors (Lipinski definition) is 1. The molecule has 1 N–H and O–H groups in total. The van der Waals surface area contributed by atoms with E-state index in [1.807, 2.05) is 47.8 Å². The van der Waals surface area contributed by atoms with Gasteiger partial charge in [0.2, 0.25) is 5.91 Å². The van der Waals surface area contributed by atoms with Crippen molar-refractivity contribution in [1.29, 1.82) is 0 Å². The highest BCUT2D eigenvalue weighted by molar-refractivity contribution is 7.19. The maximum atomic E-state index is 13.6. The van der Waals surface area contributed by atoms with Gasteiger partial charge in [-0.3, -0.25) is 9.59 Å². The number of carbonyl (C=O) groups excluding carboxylic acids is 2. The fourth-order valence-electron chi connectivity index (χ4n) is 3.97. The molecule has 1 fully saturated rings. The number of fused-ring (bicyclic) bond motifs is 1. The van der Waals surface area contributed by atoms with E-state index in [0.717, 1.165) is 34.3 Å². The van der Waals surface area contributed by atoms with Crippen LogP contribution in [0.4, 0.5) is 5.13 Å². The quantitative estimate of drug-likeness (QED) is 0.413. The Bertz CT molecular complexity index is 1290. The molecule has 1 atom stereocenters. The van der Waals surface area contributed by atoms with E-state index in [2.05, 4.69) is 10.3 Å². The number of carbonyl (C=O) groups is 2. The number of likely N-dealkylation sites (tertiary alicyclic amines) is 1. The summed E-state index contributed by atoms with van der Waals surface area (Å²) < 4.78 is 0.674. The van der Waals surface area contributed by atoms with Crippen molar-refractivity contribution >= 4 is 62.1 Å². The fourth-order valence-corrected chi connectivity index (χ4v) is 5.50. The maximum Gasteiger partial charge on any atom is 0.254 e. The van der Waals surface area contributed by atoms with Crippen LogP contribution in [-0.4, -0.2) is 39.8 Å². The lowest BCUT2D eigenvalue weighted by Crippen LogP contribution is -2.43. The number of amides is 2. The number of anilines is 1. The second-order valence-corrected chi connectivity index (χ2v) is 10.2. The molecule has 2 amide bonds. The van der Waals surface area contributed by atoms with Crippen LogP contribution in [0.3, 0.4) is 0 Å². The van der Waals surface area contributed by atoms with Crippen molar-refractivity contribution in [3.8, 4) is 10.6 Å². The number of rotatable bonds is 4. The average molecular weight is 483 g/mol. The Morgan fingerprint density at radius 1 is 1.19 bits per heavy atom. The minimum Gasteiger partial charge on any atom is -0.338 e. The van der Waals surface area contributed by atoms with E-state index >= 15 is 0 Å². The molecular formula is C23H19ClN4O2S2. The monoisotopic (exact) mass is 482 g/mol. The number of thiophene rings is 1. The molecule has 0 bridgehead atoms. The number of para-hydroxylation sites is 1. The number of pyridine rings is 1. The van der Waals surface area contributed by atoms with Gasteiger partial charge in [-0.25, -0.2) is 9.97 Å². The Balaban J connectivity index is 1.44. The van der Waals surface area contributed by atoms with Crippen LogP contribution >= 0.6 is 34.3 Å². The molecule has 32 heavy (non-hydrogen) atoms. The Morgan fingerprint density at radius 3 is 2.84 bits per heavy atom. The molecule has 0 radical (unpaired) electrons. The molecule has 1 aliphatic heterocycles. The van der Waals surface area contributed by atoms with Gasteiger partial charge in [0.1, 0.15) is 0 Å². The highest BCUT2D eigenvalue weighted by Gasteiger charge is 2.30. The lowest BCUT2D eigenvalue weighted by molar-refractivity contribution is -0.121. The van der Waals surface area contributed by atoms with Crippen LogP contribution in [0, 0.1) is 5.92 Å². The molecule has 4 aromatic rings. The van der Waals surface area contributed by atoms with Crippen molar-refractivity contribution in [3.05, 3.63) is 63.9 Å². The van der Waals surface area contributed by atoms with Crippen molar-refractivity contribution in [2.24, 2.45) is 5.92 Å². The van der Waals surface area contributed by atoms with E-state index in [0.29, 0.717) is 28.1 Å². The van der Waals surface area contributed by atoms with Gasteiger partial charge in [-0.05, 0) is 37.1 Å². The van der Waals surface area contributed by atoms with Gasteiger partial charge in [-0.1, -0.05) is 29.8 Å². The molecule has 1 unspecified atom stereocenters. The Kier molecular flexibility index (Phi) is 5.91. The van der Waals surface area contributed by atoms with Crippen molar-refractivity contribution in [2.45, 2.75) is 12.8 Å². The number of nitrogens with one attached hydrogen (secondary N) is 1. The zero-order valence-electron chi connectivity index (χ0n) is 17.0. The van der Waals surface area contributed by atoms with Crippen LogP contribution in [0.15, 0.2) is 54.0 Å². The first-order valence-corrected chi connectivity index (χ1v) is 12.3. The normalized spacial score (nSPS) is 16.3. The van der Waals surface area contributed by atoms with E-state index in [9.17, 15) is 9.59 Å². The van der Waals surface area contributed by atoms with Crippen LogP contribution in [-0.2, 0) is 4.79 Å². The molecule has 1 aromatic carbocycles. The van der Waals surface area contributed by atoms with Crippen molar-refractivity contribution < 1.29 is 9.59 Å². The Labute approximate surface area is 197 Å².